The molecule has 0 aromatic heterocycles. The fourth-order valence-corrected chi connectivity index (χ4v) is 6.15. The molecule has 2 amide bonds. The van der Waals surface area contributed by atoms with E-state index >= 15 is 0 Å². The standard InChI is InChI=1S/C26H37N3O6/c1-4-28(5-2)18-11-9-17(10-12-18)27-23(31)22-26-14-13-19(35-26)20(25(33)34-6-3)21(26)24(32)29(22)15-7-8-16-30/h9-12,19-22,30H,4-8,13-16H2,1-3H3,(H,27,31)/t19-,20+,21-,22?,26?/m0/s1. The molecule has 3 aliphatic heterocycles. The molecule has 4 rings (SSSR count). The Morgan fingerprint density at radius 1 is 1.20 bits per heavy atom. The van der Waals surface area contributed by atoms with E-state index in [1.54, 1.807) is 11.8 Å². The fourth-order valence-electron chi connectivity index (χ4n) is 6.15. The van der Waals surface area contributed by atoms with Crippen LogP contribution in [-0.2, 0) is 23.9 Å². The van der Waals surface area contributed by atoms with Gasteiger partial charge in [0.2, 0.25) is 11.8 Å². The minimum absolute atomic E-state index is 0.0103. The number of hydrogen-bond acceptors (Lipinski definition) is 7. The number of aliphatic hydroxyl groups is 1. The van der Waals surface area contributed by atoms with Crippen molar-refractivity contribution in [3.63, 3.8) is 0 Å². The van der Waals surface area contributed by atoms with Gasteiger partial charge in [-0.3, -0.25) is 14.4 Å². The summed E-state index contributed by atoms with van der Waals surface area (Å²) >= 11 is 0. The number of likely N-dealkylation sites (tertiary alicyclic amines) is 1. The highest BCUT2D eigenvalue weighted by molar-refractivity contribution is 6.03. The van der Waals surface area contributed by atoms with Gasteiger partial charge in [0, 0.05) is 37.6 Å². The van der Waals surface area contributed by atoms with E-state index < -0.39 is 35.6 Å². The molecule has 3 fully saturated rings. The summed E-state index contributed by atoms with van der Waals surface area (Å²) in [6.45, 7) is 8.26. The van der Waals surface area contributed by atoms with Gasteiger partial charge in [0.05, 0.1) is 24.5 Å². The highest BCUT2D eigenvalue weighted by atomic mass is 16.6. The molecular formula is C26H37N3O6. The van der Waals surface area contributed by atoms with Gasteiger partial charge in [0.25, 0.3) is 0 Å². The number of benzene rings is 1. The third kappa shape index (κ3) is 4.40. The molecule has 9 nitrogen and oxygen atoms in total. The third-order valence-corrected chi connectivity index (χ3v) is 7.68. The number of anilines is 2. The summed E-state index contributed by atoms with van der Waals surface area (Å²) in [6.07, 6.45) is 1.82. The van der Waals surface area contributed by atoms with Gasteiger partial charge in [-0.1, -0.05) is 0 Å². The van der Waals surface area contributed by atoms with Crippen molar-refractivity contribution in [3.8, 4) is 0 Å². The molecule has 1 aromatic rings. The Bertz CT molecular complexity index is 934. The van der Waals surface area contributed by atoms with Crippen molar-refractivity contribution >= 4 is 29.2 Å². The molecule has 5 atom stereocenters. The average molecular weight is 488 g/mol. The first kappa shape index (κ1) is 25.4. The van der Waals surface area contributed by atoms with Crippen LogP contribution in [0.15, 0.2) is 24.3 Å². The van der Waals surface area contributed by atoms with Crippen molar-refractivity contribution in [2.75, 3.05) is 43.1 Å². The molecule has 3 aliphatic rings. The number of ether oxygens (including phenoxy) is 2. The van der Waals surface area contributed by atoms with Gasteiger partial charge in [-0.15, -0.1) is 0 Å². The number of esters is 1. The summed E-state index contributed by atoms with van der Waals surface area (Å²) in [5.41, 5.74) is 0.676. The van der Waals surface area contributed by atoms with Gasteiger partial charge in [0.15, 0.2) is 0 Å². The quantitative estimate of drug-likeness (QED) is 0.364. The number of nitrogens with one attached hydrogen (secondary N) is 1. The topological polar surface area (TPSA) is 108 Å². The molecule has 2 bridgehead atoms. The Labute approximate surface area is 206 Å². The molecule has 2 unspecified atom stereocenters. The Hall–Kier alpha value is -2.65. The van der Waals surface area contributed by atoms with Gasteiger partial charge in [-0.25, -0.2) is 0 Å². The van der Waals surface area contributed by atoms with Crippen LogP contribution in [0, 0.1) is 11.8 Å². The molecule has 0 saturated carbocycles. The second-order valence-electron chi connectivity index (χ2n) is 9.48. The van der Waals surface area contributed by atoms with E-state index in [0.29, 0.717) is 37.9 Å². The number of aliphatic hydroxyl groups excluding tert-OH is 1. The number of hydrogen-bond donors (Lipinski definition) is 2. The van der Waals surface area contributed by atoms with Gasteiger partial charge in [0.1, 0.15) is 11.6 Å². The zero-order valence-corrected chi connectivity index (χ0v) is 20.9. The van der Waals surface area contributed by atoms with Crippen molar-refractivity contribution < 1.29 is 29.0 Å². The number of carbonyl (C=O) groups excluding carboxylic acids is 3. The molecule has 1 spiro atoms. The fraction of sp³-hybridized carbons (Fsp3) is 0.654. The first-order chi connectivity index (χ1) is 16.9. The molecule has 3 saturated heterocycles. The number of rotatable bonds is 11. The normalized spacial score (nSPS) is 28.8. The Morgan fingerprint density at radius 3 is 2.54 bits per heavy atom. The molecule has 9 heteroatoms. The molecule has 192 valence electrons. The van der Waals surface area contributed by atoms with E-state index in [-0.39, 0.29) is 25.0 Å². The summed E-state index contributed by atoms with van der Waals surface area (Å²) in [7, 11) is 0. The lowest BCUT2D eigenvalue weighted by Crippen LogP contribution is -2.53. The van der Waals surface area contributed by atoms with Gasteiger partial charge >= 0.3 is 5.97 Å². The predicted molar refractivity (Wildman–Crippen MR) is 131 cm³/mol. The van der Waals surface area contributed by atoms with E-state index in [1.165, 1.54) is 0 Å². The van der Waals surface area contributed by atoms with Crippen LogP contribution in [0.2, 0.25) is 0 Å². The van der Waals surface area contributed by atoms with Crippen LogP contribution in [0.3, 0.4) is 0 Å². The molecule has 35 heavy (non-hydrogen) atoms. The van der Waals surface area contributed by atoms with E-state index in [2.05, 4.69) is 24.1 Å². The van der Waals surface area contributed by atoms with E-state index in [4.69, 9.17) is 9.47 Å². The first-order valence-electron chi connectivity index (χ1n) is 12.8. The molecule has 2 N–H and O–H groups in total. The zero-order chi connectivity index (χ0) is 25.2. The summed E-state index contributed by atoms with van der Waals surface area (Å²) in [5, 5.41) is 12.2. The highest BCUT2D eigenvalue weighted by Gasteiger charge is 2.74. The minimum Gasteiger partial charge on any atom is -0.466 e. The molecule has 0 radical (unpaired) electrons. The highest BCUT2D eigenvalue weighted by Crippen LogP contribution is 2.58. The van der Waals surface area contributed by atoms with Crippen molar-refractivity contribution in [1.29, 1.82) is 0 Å². The molecule has 3 heterocycles. The van der Waals surface area contributed by atoms with Crippen LogP contribution >= 0.6 is 0 Å². The lowest BCUT2D eigenvalue weighted by molar-refractivity contribution is -0.154. The largest absolute Gasteiger partial charge is 0.466 e. The Balaban J connectivity index is 1.60. The Kier molecular flexibility index (Phi) is 7.66. The summed E-state index contributed by atoms with van der Waals surface area (Å²) in [6, 6.07) is 6.82. The van der Waals surface area contributed by atoms with E-state index in [1.807, 2.05) is 24.3 Å². The maximum atomic E-state index is 13.7. The number of amides is 2. The molecule has 0 aliphatic carbocycles. The maximum absolute atomic E-state index is 13.7. The number of nitrogens with zero attached hydrogens (tertiary/aromatic N) is 2. The van der Waals surface area contributed by atoms with Crippen molar-refractivity contribution in [2.45, 2.75) is 64.2 Å². The minimum atomic E-state index is -1.04. The van der Waals surface area contributed by atoms with Crippen LogP contribution in [0.4, 0.5) is 11.4 Å². The molecular weight excluding hydrogens is 450 g/mol. The zero-order valence-electron chi connectivity index (χ0n) is 20.9. The van der Waals surface area contributed by atoms with E-state index in [9.17, 15) is 19.5 Å². The second kappa shape index (κ2) is 10.5. The number of fused-ring (bicyclic) bond motifs is 1. The monoisotopic (exact) mass is 487 g/mol. The lowest BCUT2D eigenvalue weighted by Gasteiger charge is -2.33. The summed E-state index contributed by atoms with van der Waals surface area (Å²) < 4.78 is 11.6. The van der Waals surface area contributed by atoms with Crippen molar-refractivity contribution in [3.05, 3.63) is 24.3 Å². The van der Waals surface area contributed by atoms with Gasteiger partial charge in [-0.05, 0) is 70.7 Å². The average Bonchev–Trinajstić information content (AvgIpc) is 3.49. The van der Waals surface area contributed by atoms with Gasteiger partial charge in [-0.2, -0.15) is 0 Å². The van der Waals surface area contributed by atoms with Crippen LogP contribution in [0.5, 0.6) is 0 Å². The van der Waals surface area contributed by atoms with Crippen molar-refractivity contribution in [2.24, 2.45) is 11.8 Å². The van der Waals surface area contributed by atoms with Crippen molar-refractivity contribution in [1.82, 2.24) is 4.90 Å². The second-order valence-corrected chi connectivity index (χ2v) is 9.48. The lowest BCUT2D eigenvalue weighted by atomic mass is 9.71. The predicted octanol–water partition coefficient (Wildman–Crippen LogP) is 2.18. The maximum Gasteiger partial charge on any atom is 0.312 e. The van der Waals surface area contributed by atoms with Crippen LogP contribution in [0.1, 0.15) is 46.5 Å². The van der Waals surface area contributed by atoms with Crippen LogP contribution < -0.4 is 10.2 Å². The van der Waals surface area contributed by atoms with Crippen LogP contribution in [-0.4, -0.2) is 78.4 Å². The third-order valence-electron chi connectivity index (χ3n) is 7.68. The van der Waals surface area contributed by atoms with E-state index in [0.717, 1.165) is 18.8 Å². The summed E-state index contributed by atoms with van der Waals surface area (Å²) in [4.78, 5) is 43.9. The number of unbranched alkanes of at least 4 members (excludes halogenated alkanes) is 1. The van der Waals surface area contributed by atoms with Crippen LogP contribution in [0.25, 0.3) is 0 Å². The summed E-state index contributed by atoms with van der Waals surface area (Å²) in [5.74, 6) is -2.40. The smallest absolute Gasteiger partial charge is 0.312 e. The first-order valence-corrected chi connectivity index (χ1v) is 12.8. The van der Waals surface area contributed by atoms with Gasteiger partial charge < -0.3 is 29.7 Å². The SMILES string of the molecule is CCOC(=O)[C@@H]1[C@@H]2CCC3(O2)C(C(=O)Nc2ccc(N(CC)CC)cc2)N(CCCCO)C(=O)[C@H]13. The molecule has 1 aromatic carbocycles. The Morgan fingerprint density at radius 2 is 1.91 bits per heavy atom. The number of carbonyl (C=O) groups is 3.